The lowest BCUT2D eigenvalue weighted by Crippen LogP contribution is -2.20. The summed E-state index contributed by atoms with van der Waals surface area (Å²) < 4.78 is 9.93. The number of nitrogens with one attached hydrogen (secondary N) is 1. The molecule has 0 spiro atoms. The fourth-order valence-electron chi connectivity index (χ4n) is 1.71. The van der Waals surface area contributed by atoms with Gasteiger partial charge >= 0.3 is 0 Å². The Morgan fingerprint density at radius 3 is 2.43 bits per heavy atom. The van der Waals surface area contributed by atoms with E-state index in [4.69, 9.17) is 4.74 Å². The van der Waals surface area contributed by atoms with Crippen molar-refractivity contribution in [2.24, 2.45) is 0 Å². The van der Waals surface area contributed by atoms with Crippen LogP contribution >= 0.6 is 0 Å². The molecule has 0 unspecified atom stereocenters. The van der Waals surface area contributed by atoms with Crippen molar-refractivity contribution in [3.8, 4) is 5.75 Å². The number of benzene rings is 1. The maximum absolute atomic E-state index is 11.7. The first-order valence-corrected chi connectivity index (χ1v) is 6.68. The van der Waals surface area contributed by atoms with Crippen LogP contribution in [0.4, 0.5) is 5.82 Å². The molecule has 0 aliphatic rings. The third-order valence-corrected chi connectivity index (χ3v) is 3.00. The van der Waals surface area contributed by atoms with Gasteiger partial charge in [-0.3, -0.25) is 4.79 Å². The zero-order chi connectivity index (χ0) is 15.5. The van der Waals surface area contributed by atoms with Crippen LogP contribution < -0.4 is 10.1 Å². The number of carbonyl (C=O) groups is 1. The summed E-state index contributed by atoms with van der Waals surface area (Å²) in [6, 6.07) is 7.71. The highest BCUT2D eigenvalue weighted by atomic mass is 16.6. The van der Waals surface area contributed by atoms with E-state index in [-0.39, 0.29) is 17.9 Å². The third kappa shape index (κ3) is 4.05. The summed E-state index contributed by atoms with van der Waals surface area (Å²) in [5.74, 6) is 0.647. The topological polar surface area (TPSA) is 77.3 Å². The van der Waals surface area contributed by atoms with E-state index in [1.165, 1.54) is 5.56 Å². The highest BCUT2D eigenvalue weighted by Gasteiger charge is 2.13. The number of hydrogen-bond donors (Lipinski definition) is 1. The number of anilines is 1. The largest absolute Gasteiger partial charge is 0.484 e. The number of rotatable bonds is 4. The number of ether oxygens (including phenoxy) is 1. The van der Waals surface area contributed by atoms with E-state index in [0.29, 0.717) is 17.3 Å². The van der Waals surface area contributed by atoms with Gasteiger partial charge in [0.1, 0.15) is 11.4 Å². The second-order valence-electron chi connectivity index (χ2n) is 5.81. The van der Waals surface area contributed by atoms with Crippen molar-refractivity contribution in [3.63, 3.8) is 0 Å². The molecule has 6 heteroatoms. The molecule has 1 aromatic carbocycles. The van der Waals surface area contributed by atoms with Crippen molar-refractivity contribution in [2.75, 3.05) is 11.9 Å². The standard InChI is InChI=1S/C15H19N3O3/c1-10-14(18-21-17-10)16-13(19)9-20-12-7-5-11(6-8-12)15(2,3)4/h5-8H,9H2,1-4H3,(H,16,18,19). The quantitative estimate of drug-likeness (QED) is 0.936. The van der Waals surface area contributed by atoms with Crippen molar-refractivity contribution < 1.29 is 14.2 Å². The molecule has 6 nitrogen and oxygen atoms in total. The first-order chi connectivity index (χ1) is 9.86. The molecule has 0 bridgehead atoms. The molecule has 0 radical (unpaired) electrons. The molecule has 1 N–H and O–H groups in total. The van der Waals surface area contributed by atoms with E-state index in [9.17, 15) is 4.79 Å². The van der Waals surface area contributed by atoms with Gasteiger partial charge in [0, 0.05) is 0 Å². The number of aromatic nitrogens is 2. The highest BCUT2D eigenvalue weighted by molar-refractivity contribution is 5.91. The Hall–Kier alpha value is -2.37. The van der Waals surface area contributed by atoms with Crippen LogP contribution in [0.15, 0.2) is 28.9 Å². The van der Waals surface area contributed by atoms with Crippen molar-refractivity contribution >= 4 is 11.7 Å². The minimum Gasteiger partial charge on any atom is -0.484 e. The monoisotopic (exact) mass is 289 g/mol. The van der Waals surface area contributed by atoms with Gasteiger partial charge in [-0.2, -0.15) is 0 Å². The molecule has 0 aliphatic heterocycles. The molecule has 2 rings (SSSR count). The molecule has 0 fully saturated rings. The number of hydrogen-bond acceptors (Lipinski definition) is 5. The molecule has 1 amide bonds. The molecule has 0 atom stereocenters. The predicted molar refractivity (Wildman–Crippen MR) is 78.3 cm³/mol. The van der Waals surface area contributed by atoms with Crippen LogP contribution in [0.2, 0.25) is 0 Å². The first kappa shape index (κ1) is 15.0. The van der Waals surface area contributed by atoms with Crippen LogP contribution in [0.3, 0.4) is 0 Å². The Labute approximate surface area is 123 Å². The van der Waals surface area contributed by atoms with E-state index >= 15 is 0 Å². The van der Waals surface area contributed by atoms with Crippen LogP contribution in [-0.4, -0.2) is 22.8 Å². The normalized spacial score (nSPS) is 11.2. The number of carbonyl (C=O) groups excluding carboxylic acids is 1. The van der Waals surface area contributed by atoms with Crippen molar-refractivity contribution in [1.29, 1.82) is 0 Å². The Bertz CT molecular complexity index is 612. The lowest BCUT2D eigenvalue weighted by Gasteiger charge is -2.19. The summed E-state index contributed by atoms with van der Waals surface area (Å²) in [5, 5.41) is 9.72. The first-order valence-electron chi connectivity index (χ1n) is 6.68. The summed E-state index contributed by atoms with van der Waals surface area (Å²) in [5.41, 5.74) is 1.83. The molecule has 0 saturated heterocycles. The smallest absolute Gasteiger partial charge is 0.263 e. The van der Waals surface area contributed by atoms with Gasteiger partial charge in [-0.05, 0) is 35.2 Å². The fraction of sp³-hybridized carbons (Fsp3) is 0.400. The number of amides is 1. The maximum atomic E-state index is 11.7. The van der Waals surface area contributed by atoms with Crippen LogP contribution in [-0.2, 0) is 10.2 Å². The second kappa shape index (κ2) is 5.95. The lowest BCUT2D eigenvalue weighted by molar-refractivity contribution is -0.118. The van der Waals surface area contributed by atoms with Gasteiger partial charge in [0.25, 0.3) is 5.91 Å². The van der Waals surface area contributed by atoms with Gasteiger partial charge in [-0.15, -0.1) is 0 Å². The Kier molecular flexibility index (Phi) is 4.26. The Balaban J connectivity index is 1.88. The van der Waals surface area contributed by atoms with Gasteiger partial charge in [0.15, 0.2) is 12.4 Å². The summed E-state index contributed by atoms with van der Waals surface area (Å²) in [4.78, 5) is 11.7. The van der Waals surface area contributed by atoms with Gasteiger partial charge in [-0.1, -0.05) is 38.1 Å². The van der Waals surface area contributed by atoms with Crippen molar-refractivity contribution in [1.82, 2.24) is 10.3 Å². The van der Waals surface area contributed by atoms with Crippen molar-refractivity contribution in [3.05, 3.63) is 35.5 Å². The van der Waals surface area contributed by atoms with E-state index in [0.717, 1.165) is 0 Å². The molecular weight excluding hydrogens is 270 g/mol. The van der Waals surface area contributed by atoms with Gasteiger partial charge in [-0.25, -0.2) is 4.63 Å². The molecule has 2 aromatic rings. The molecular formula is C15H19N3O3. The minimum absolute atomic E-state index is 0.0907. The molecule has 0 aliphatic carbocycles. The van der Waals surface area contributed by atoms with Crippen LogP contribution in [0.25, 0.3) is 0 Å². The Morgan fingerprint density at radius 2 is 1.90 bits per heavy atom. The average Bonchev–Trinajstić information content (AvgIpc) is 2.81. The minimum atomic E-state index is -0.311. The second-order valence-corrected chi connectivity index (χ2v) is 5.81. The van der Waals surface area contributed by atoms with Gasteiger partial charge in [0.05, 0.1) is 0 Å². The summed E-state index contributed by atoms with van der Waals surface area (Å²) in [6.45, 7) is 8.03. The van der Waals surface area contributed by atoms with E-state index in [1.54, 1.807) is 6.92 Å². The predicted octanol–water partition coefficient (Wildman–Crippen LogP) is 2.69. The summed E-state index contributed by atoms with van der Waals surface area (Å²) >= 11 is 0. The van der Waals surface area contributed by atoms with E-state index in [2.05, 4.69) is 41.0 Å². The Morgan fingerprint density at radius 1 is 1.24 bits per heavy atom. The molecule has 21 heavy (non-hydrogen) atoms. The van der Waals surface area contributed by atoms with E-state index in [1.807, 2.05) is 24.3 Å². The highest BCUT2D eigenvalue weighted by Crippen LogP contribution is 2.24. The lowest BCUT2D eigenvalue weighted by atomic mass is 9.87. The zero-order valence-corrected chi connectivity index (χ0v) is 12.6. The SMILES string of the molecule is Cc1nonc1NC(=O)COc1ccc(C(C)(C)C)cc1. The number of nitrogens with zero attached hydrogens (tertiary/aromatic N) is 2. The fourth-order valence-corrected chi connectivity index (χ4v) is 1.71. The van der Waals surface area contributed by atoms with Crippen LogP contribution in [0, 0.1) is 6.92 Å². The van der Waals surface area contributed by atoms with Crippen LogP contribution in [0.1, 0.15) is 32.0 Å². The molecule has 1 aromatic heterocycles. The van der Waals surface area contributed by atoms with Gasteiger partial charge < -0.3 is 10.1 Å². The van der Waals surface area contributed by atoms with Gasteiger partial charge in [0.2, 0.25) is 0 Å². The van der Waals surface area contributed by atoms with Crippen molar-refractivity contribution in [2.45, 2.75) is 33.1 Å². The summed E-state index contributed by atoms with van der Waals surface area (Å²) in [7, 11) is 0. The zero-order valence-electron chi connectivity index (χ0n) is 12.6. The van der Waals surface area contributed by atoms with E-state index < -0.39 is 0 Å². The molecule has 112 valence electrons. The molecule has 1 heterocycles. The maximum Gasteiger partial charge on any atom is 0.263 e. The molecule has 0 saturated carbocycles. The summed E-state index contributed by atoms with van der Waals surface area (Å²) in [6.07, 6.45) is 0. The average molecular weight is 289 g/mol. The van der Waals surface area contributed by atoms with Crippen LogP contribution in [0.5, 0.6) is 5.75 Å². The number of aryl methyl sites for hydroxylation is 1. The third-order valence-electron chi connectivity index (χ3n) is 3.00.